The second-order valence-electron chi connectivity index (χ2n) is 5.98. The van der Waals surface area contributed by atoms with Gasteiger partial charge in [-0.15, -0.1) is 0 Å². The van der Waals surface area contributed by atoms with Crippen molar-refractivity contribution in [3.8, 4) is 5.75 Å². The van der Waals surface area contributed by atoms with E-state index in [0.717, 1.165) is 22.3 Å². The zero-order valence-electron chi connectivity index (χ0n) is 14.7. The molecule has 2 rings (SSSR count). The van der Waals surface area contributed by atoms with E-state index in [1.807, 2.05) is 38.2 Å². The van der Waals surface area contributed by atoms with Gasteiger partial charge in [0.1, 0.15) is 12.3 Å². The Balaban J connectivity index is 1.93. The number of likely N-dealkylation sites (N-methyl/N-ethyl adjacent to an activating group) is 1. The van der Waals surface area contributed by atoms with Crippen LogP contribution in [0.25, 0.3) is 0 Å². The summed E-state index contributed by atoms with van der Waals surface area (Å²) < 4.78 is 44.3. The standard InChI is InChI=1S/C19H21F3N2O2/c1-3-26-15-10-8-14(9-11-15)12-24(2)13-18(25)23-17-7-5-4-6-16(17)19(20,21)22/h4-11H,3,12-13H2,1-2H3,(H,23,25)/p+1. The highest BCUT2D eigenvalue weighted by molar-refractivity contribution is 5.92. The van der Waals surface area contributed by atoms with Crippen LogP contribution in [-0.2, 0) is 17.5 Å². The lowest BCUT2D eigenvalue weighted by Gasteiger charge is -2.16. The summed E-state index contributed by atoms with van der Waals surface area (Å²) in [6.45, 7) is 3.12. The fourth-order valence-electron chi connectivity index (χ4n) is 2.59. The van der Waals surface area contributed by atoms with Gasteiger partial charge in [0.2, 0.25) is 0 Å². The van der Waals surface area contributed by atoms with Crippen molar-refractivity contribution in [1.29, 1.82) is 0 Å². The Morgan fingerprint density at radius 3 is 2.38 bits per heavy atom. The van der Waals surface area contributed by atoms with E-state index in [2.05, 4.69) is 5.32 Å². The number of halogens is 3. The summed E-state index contributed by atoms with van der Waals surface area (Å²) in [5.41, 5.74) is -0.0640. The zero-order valence-corrected chi connectivity index (χ0v) is 14.7. The average Bonchev–Trinajstić information content (AvgIpc) is 2.56. The van der Waals surface area contributed by atoms with Crippen LogP contribution in [0.15, 0.2) is 48.5 Å². The first-order valence-corrected chi connectivity index (χ1v) is 8.28. The van der Waals surface area contributed by atoms with Crippen molar-refractivity contribution in [3.05, 3.63) is 59.7 Å². The minimum atomic E-state index is -4.51. The largest absolute Gasteiger partial charge is 0.494 e. The molecule has 1 unspecified atom stereocenters. The zero-order chi connectivity index (χ0) is 19.2. The molecule has 0 aliphatic carbocycles. The highest BCUT2D eigenvalue weighted by Crippen LogP contribution is 2.34. The van der Waals surface area contributed by atoms with Gasteiger partial charge in [-0.05, 0) is 43.3 Å². The maximum Gasteiger partial charge on any atom is 0.418 e. The number of hydrogen-bond acceptors (Lipinski definition) is 2. The van der Waals surface area contributed by atoms with E-state index in [9.17, 15) is 18.0 Å². The molecule has 0 saturated carbocycles. The van der Waals surface area contributed by atoms with Gasteiger partial charge >= 0.3 is 6.18 Å². The number of anilines is 1. The number of para-hydroxylation sites is 1. The lowest BCUT2D eigenvalue weighted by Crippen LogP contribution is -3.08. The molecule has 0 saturated heterocycles. The van der Waals surface area contributed by atoms with Gasteiger partial charge in [-0.3, -0.25) is 4.79 Å². The minimum absolute atomic E-state index is 0.0550. The molecular weight excluding hydrogens is 345 g/mol. The third kappa shape index (κ3) is 5.77. The quantitative estimate of drug-likeness (QED) is 0.790. The third-order valence-electron chi connectivity index (χ3n) is 3.71. The molecule has 0 aliphatic heterocycles. The molecule has 1 atom stereocenters. The minimum Gasteiger partial charge on any atom is -0.494 e. The van der Waals surface area contributed by atoms with E-state index in [1.54, 1.807) is 0 Å². The van der Waals surface area contributed by atoms with E-state index in [4.69, 9.17) is 4.74 Å². The van der Waals surface area contributed by atoms with E-state index >= 15 is 0 Å². The Bertz CT molecular complexity index is 730. The van der Waals surface area contributed by atoms with Gasteiger partial charge in [-0.1, -0.05) is 12.1 Å². The number of alkyl halides is 3. The number of quaternary nitrogens is 1. The van der Waals surface area contributed by atoms with Crippen LogP contribution in [0.1, 0.15) is 18.1 Å². The summed E-state index contributed by atoms with van der Waals surface area (Å²) >= 11 is 0. The van der Waals surface area contributed by atoms with Gasteiger partial charge in [0.25, 0.3) is 5.91 Å². The van der Waals surface area contributed by atoms with E-state index in [-0.39, 0.29) is 12.2 Å². The van der Waals surface area contributed by atoms with Crippen LogP contribution in [0.2, 0.25) is 0 Å². The van der Waals surface area contributed by atoms with Gasteiger partial charge in [0, 0.05) is 5.56 Å². The predicted octanol–water partition coefficient (Wildman–Crippen LogP) is 2.76. The molecule has 0 spiro atoms. The molecular formula is C19H22F3N2O2+. The molecule has 7 heteroatoms. The number of amides is 1. The summed E-state index contributed by atoms with van der Waals surface area (Å²) in [6, 6.07) is 12.5. The van der Waals surface area contributed by atoms with E-state index in [0.29, 0.717) is 13.2 Å². The number of carbonyl (C=O) groups excluding carboxylic acids is 1. The smallest absolute Gasteiger partial charge is 0.418 e. The topological polar surface area (TPSA) is 42.8 Å². The fraction of sp³-hybridized carbons (Fsp3) is 0.316. The van der Waals surface area contributed by atoms with Crippen LogP contribution in [0, 0.1) is 0 Å². The Labute approximate surface area is 150 Å². The van der Waals surface area contributed by atoms with Crippen LogP contribution in [-0.4, -0.2) is 26.1 Å². The highest BCUT2D eigenvalue weighted by atomic mass is 19.4. The predicted molar refractivity (Wildman–Crippen MR) is 93.1 cm³/mol. The number of ether oxygens (including phenoxy) is 1. The van der Waals surface area contributed by atoms with Gasteiger partial charge in [0.15, 0.2) is 6.54 Å². The second kappa shape index (κ2) is 8.71. The molecule has 0 bridgehead atoms. The first-order chi connectivity index (χ1) is 12.3. The fourth-order valence-corrected chi connectivity index (χ4v) is 2.59. The lowest BCUT2D eigenvalue weighted by molar-refractivity contribution is -0.885. The third-order valence-corrected chi connectivity index (χ3v) is 3.71. The molecule has 4 nitrogen and oxygen atoms in total. The van der Waals surface area contributed by atoms with Crippen molar-refractivity contribution in [2.45, 2.75) is 19.6 Å². The van der Waals surface area contributed by atoms with Crippen LogP contribution < -0.4 is 15.0 Å². The molecule has 0 radical (unpaired) electrons. The molecule has 2 aromatic rings. The molecule has 2 aromatic carbocycles. The Hall–Kier alpha value is -2.54. The summed E-state index contributed by atoms with van der Waals surface area (Å²) in [6.07, 6.45) is -4.51. The molecule has 0 heterocycles. The van der Waals surface area contributed by atoms with E-state index in [1.165, 1.54) is 18.2 Å². The number of rotatable bonds is 7. The lowest BCUT2D eigenvalue weighted by atomic mass is 10.1. The maximum absolute atomic E-state index is 13.0. The van der Waals surface area contributed by atoms with Crippen molar-refractivity contribution in [1.82, 2.24) is 0 Å². The van der Waals surface area contributed by atoms with Crippen LogP contribution in [0.4, 0.5) is 18.9 Å². The summed E-state index contributed by atoms with van der Waals surface area (Å²) in [7, 11) is 1.81. The Morgan fingerprint density at radius 2 is 1.77 bits per heavy atom. The number of benzene rings is 2. The molecule has 26 heavy (non-hydrogen) atoms. The first-order valence-electron chi connectivity index (χ1n) is 8.28. The van der Waals surface area contributed by atoms with Gasteiger partial charge in [-0.25, -0.2) is 0 Å². The number of hydrogen-bond donors (Lipinski definition) is 2. The molecule has 140 valence electrons. The molecule has 2 N–H and O–H groups in total. The number of nitrogens with one attached hydrogen (secondary N) is 2. The molecule has 0 aliphatic rings. The molecule has 0 aromatic heterocycles. The SMILES string of the molecule is CCOc1ccc(C[NH+](C)CC(=O)Nc2ccccc2C(F)(F)F)cc1. The first kappa shape index (κ1) is 19.8. The van der Waals surface area contributed by atoms with Gasteiger partial charge in [-0.2, -0.15) is 13.2 Å². The van der Waals surface area contributed by atoms with E-state index < -0.39 is 17.6 Å². The average molecular weight is 367 g/mol. The monoisotopic (exact) mass is 367 g/mol. The van der Waals surface area contributed by atoms with Gasteiger partial charge < -0.3 is 15.0 Å². The Kier molecular flexibility index (Phi) is 6.63. The van der Waals surface area contributed by atoms with Crippen LogP contribution in [0.5, 0.6) is 5.75 Å². The summed E-state index contributed by atoms with van der Waals surface area (Å²) in [5.74, 6) is 0.306. The number of carbonyl (C=O) groups is 1. The summed E-state index contributed by atoms with van der Waals surface area (Å²) in [5, 5.41) is 2.36. The molecule has 0 fully saturated rings. The van der Waals surface area contributed by atoms with Crippen molar-refractivity contribution in [3.63, 3.8) is 0 Å². The molecule has 1 amide bonds. The van der Waals surface area contributed by atoms with Crippen LogP contribution in [0.3, 0.4) is 0 Å². The normalized spacial score (nSPS) is 12.5. The van der Waals surface area contributed by atoms with Crippen molar-refractivity contribution < 1.29 is 27.6 Å². The Morgan fingerprint density at radius 1 is 1.12 bits per heavy atom. The maximum atomic E-state index is 13.0. The van der Waals surface area contributed by atoms with Crippen molar-refractivity contribution in [2.75, 3.05) is 25.5 Å². The summed E-state index contributed by atoms with van der Waals surface area (Å²) in [4.78, 5) is 13.0. The second-order valence-corrected chi connectivity index (χ2v) is 5.98. The van der Waals surface area contributed by atoms with Crippen molar-refractivity contribution in [2.24, 2.45) is 0 Å². The van der Waals surface area contributed by atoms with Crippen molar-refractivity contribution >= 4 is 11.6 Å². The van der Waals surface area contributed by atoms with Crippen LogP contribution >= 0.6 is 0 Å². The van der Waals surface area contributed by atoms with Gasteiger partial charge in [0.05, 0.1) is 24.9 Å². The highest BCUT2D eigenvalue weighted by Gasteiger charge is 2.33.